The molecule has 0 aliphatic carbocycles. The number of carbonyl (C=O) groups excluding carboxylic acids is 1. The second-order valence-electron chi connectivity index (χ2n) is 4.32. The van der Waals surface area contributed by atoms with Crippen molar-refractivity contribution >= 4 is 16.9 Å². The van der Waals surface area contributed by atoms with Gasteiger partial charge in [-0.05, 0) is 25.5 Å². The highest BCUT2D eigenvalue weighted by Crippen LogP contribution is 2.13. The Morgan fingerprint density at radius 2 is 2.00 bits per heavy atom. The van der Waals surface area contributed by atoms with Crippen molar-refractivity contribution < 1.29 is 9.53 Å². The van der Waals surface area contributed by atoms with Gasteiger partial charge in [-0.3, -0.25) is 4.79 Å². The topological polar surface area (TPSA) is 59.2 Å². The first-order chi connectivity index (χ1) is 9.19. The van der Waals surface area contributed by atoms with Gasteiger partial charge in [0, 0.05) is 16.6 Å². The molecular formula is C15H17NO3. The van der Waals surface area contributed by atoms with E-state index in [2.05, 4.69) is 4.98 Å². The molecule has 2 aromatic rings. The van der Waals surface area contributed by atoms with Gasteiger partial charge in [-0.15, -0.1) is 0 Å². The van der Waals surface area contributed by atoms with Crippen LogP contribution in [0.5, 0.6) is 0 Å². The van der Waals surface area contributed by atoms with E-state index >= 15 is 0 Å². The summed E-state index contributed by atoms with van der Waals surface area (Å²) in [7, 11) is 0. The Bertz CT molecular complexity index is 658. The maximum Gasteiger partial charge on any atom is 0.343 e. The minimum atomic E-state index is -0.544. The minimum Gasteiger partial charge on any atom is -0.462 e. The fraction of sp³-hybridized carbons (Fsp3) is 0.333. The Morgan fingerprint density at radius 1 is 1.26 bits per heavy atom. The van der Waals surface area contributed by atoms with Crippen LogP contribution in [0.3, 0.4) is 0 Å². The van der Waals surface area contributed by atoms with Crippen molar-refractivity contribution in [2.24, 2.45) is 0 Å². The maximum absolute atomic E-state index is 12.4. The summed E-state index contributed by atoms with van der Waals surface area (Å²) in [6.45, 7) is 3.99. The third-order valence-corrected chi connectivity index (χ3v) is 2.97. The quantitative estimate of drug-likeness (QED) is 0.859. The van der Waals surface area contributed by atoms with Crippen molar-refractivity contribution in [2.45, 2.75) is 26.7 Å². The van der Waals surface area contributed by atoms with Crippen LogP contribution in [0.1, 0.15) is 36.3 Å². The number of pyridine rings is 1. The van der Waals surface area contributed by atoms with Gasteiger partial charge < -0.3 is 9.72 Å². The van der Waals surface area contributed by atoms with Gasteiger partial charge in [-0.1, -0.05) is 25.5 Å². The number of aryl methyl sites for hydroxylation is 1. The van der Waals surface area contributed by atoms with Gasteiger partial charge in [0.1, 0.15) is 5.56 Å². The van der Waals surface area contributed by atoms with Gasteiger partial charge in [-0.25, -0.2) is 4.79 Å². The molecule has 0 atom stereocenters. The van der Waals surface area contributed by atoms with Crippen LogP contribution in [-0.4, -0.2) is 17.6 Å². The molecule has 0 saturated carbocycles. The standard InChI is InChI=1S/C15H17NO3/c1-3-7-12-13(15(18)19-4-2)14(17)10-8-5-6-9-11(10)16-12/h5-6,8-9H,3-4,7H2,1-2H3,(H,16,17). The molecule has 1 heterocycles. The SMILES string of the molecule is CCCc1[nH]c2ccccc2c(=O)c1C(=O)OCC. The van der Waals surface area contributed by atoms with Crippen LogP contribution in [0.25, 0.3) is 10.9 Å². The summed E-state index contributed by atoms with van der Waals surface area (Å²) in [5, 5.41) is 0.519. The molecule has 0 saturated heterocycles. The number of para-hydroxylation sites is 1. The van der Waals surface area contributed by atoms with Gasteiger partial charge in [0.15, 0.2) is 0 Å². The first kappa shape index (κ1) is 13.3. The number of aromatic nitrogens is 1. The Morgan fingerprint density at radius 3 is 2.68 bits per heavy atom. The van der Waals surface area contributed by atoms with Crippen molar-refractivity contribution in [3.05, 3.63) is 45.7 Å². The molecule has 2 rings (SSSR count). The lowest BCUT2D eigenvalue weighted by atomic mass is 10.1. The number of ether oxygens (including phenoxy) is 1. The minimum absolute atomic E-state index is 0.141. The summed E-state index contributed by atoms with van der Waals surface area (Å²) in [6, 6.07) is 7.20. The highest BCUT2D eigenvalue weighted by molar-refractivity contribution is 5.95. The number of fused-ring (bicyclic) bond motifs is 1. The average molecular weight is 259 g/mol. The van der Waals surface area contributed by atoms with Crippen LogP contribution >= 0.6 is 0 Å². The molecule has 0 amide bonds. The Labute approximate surface area is 111 Å². The number of nitrogens with one attached hydrogen (secondary N) is 1. The van der Waals surface area contributed by atoms with E-state index in [-0.39, 0.29) is 17.6 Å². The zero-order valence-corrected chi connectivity index (χ0v) is 11.2. The molecule has 0 fully saturated rings. The first-order valence-corrected chi connectivity index (χ1v) is 6.50. The molecule has 1 N–H and O–H groups in total. The number of esters is 1. The average Bonchev–Trinajstić information content (AvgIpc) is 2.39. The van der Waals surface area contributed by atoms with Crippen LogP contribution in [-0.2, 0) is 11.2 Å². The summed E-state index contributed by atoms with van der Waals surface area (Å²) in [5.74, 6) is -0.544. The fourth-order valence-electron chi connectivity index (χ4n) is 2.14. The highest BCUT2D eigenvalue weighted by atomic mass is 16.5. The summed E-state index contributed by atoms with van der Waals surface area (Å²) >= 11 is 0. The van der Waals surface area contributed by atoms with Gasteiger partial charge >= 0.3 is 5.97 Å². The fourth-order valence-corrected chi connectivity index (χ4v) is 2.14. The van der Waals surface area contributed by atoms with E-state index in [1.54, 1.807) is 19.1 Å². The summed E-state index contributed by atoms with van der Waals surface area (Å²) in [4.78, 5) is 27.6. The lowest BCUT2D eigenvalue weighted by Crippen LogP contribution is -2.22. The third-order valence-electron chi connectivity index (χ3n) is 2.97. The van der Waals surface area contributed by atoms with Crippen molar-refractivity contribution in [3.8, 4) is 0 Å². The third kappa shape index (κ3) is 2.52. The van der Waals surface area contributed by atoms with Crippen LogP contribution in [0, 0.1) is 0 Å². The second-order valence-corrected chi connectivity index (χ2v) is 4.32. The second kappa shape index (κ2) is 5.69. The number of carbonyl (C=O) groups is 1. The zero-order valence-electron chi connectivity index (χ0n) is 11.2. The number of hydrogen-bond donors (Lipinski definition) is 1. The molecular weight excluding hydrogens is 242 g/mol. The molecule has 0 radical (unpaired) electrons. The van der Waals surface area contributed by atoms with Crippen LogP contribution < -0.4 is 5.43 Å². The Kier molecular flexibility index (Phi) is 4.00. The number of benzene rings is 1. The summed E-state index contributed by atoms with van der Waals surface area (Å²) in [5.41, 5.74) is 1.30. The van der Waals surface area contributed by atoms with Crippen molar-refractivity contribution in [1.29, 1.82) is 0 Å². The molecule has 1 aromatic heterocycles. The zero-order chi connectivity index (χ0) is 13.8. The molecule has 19 heavy (non-hydrogen) atoms. The van der Waals surface area contributed by atoms with Crippen LogP contribution in [0.2, 0.25) is 0 Å². The Balaban J connectivity index is 2.71. The maximum atomic E-state index is 12.4. The molecule has 0 bridgehead atoms. The Hall–Kier alpha value is -2.10. The summed E-state index contributed by atoms with van der Waals surface area (Å²) in [6.07, 6.45) is 1.49. The number of rotatable bonds is 4. The normalized spacial score (nSPS) is 10.6. The van der Waals surface area contributed by atoms with Crippen LogP contribution in [0.15, 0.2) is 29.1 Å². The van der Waals surface area contributed by atoms with E-state index in [4.69, 9.17) is 4.74 Å². The van der Waals surface area contributed by atoms with E-state index in [1.165, 1.54) is 0 Å². The molecule has 0 aliphatic rings. The van der Waals surface area contributed by atoms with Gasteiger partial charge in [-0.2, -0.15) is 0 Å². The monoisotopic (exact) mass is 259 g/mol. The number of hydrogen-bond acceptors (Lipinski definition) is 3. The molecule has 0 unspecified atom stereocenters. The van der Waals surface area contributed by atoms with Gasteiger partial charge in [0.25, 0.3) is 0 Å². The van der Waals surface area contributed by atoms with Gasteiger partial charge in [0.05, 0.1) is 6.61 Å². The van der Waals surface area contributed by atoms with E-state index < -0.39 is 5.97 Å². The lowest BCUT2D eigenvalue weighted by Gasteiger charge is -2.09. The van der Waals surface area contributed by atoms with Crippen molar-refractivity contribution in [3.63, 3.8) is 0 Å². The predicted octanol–water partition coefficient (Wildman–Crippen LogP) is 2.66. The molecule has 0 aliphatic heterocycles. The van der Waals surface area contributed by atoms with Crippen molar-refractivity contribution in [1.82, 2.24) is 4.98 Å². The largest absolute Gasteiger partial charge is 0.462 e. The molecule has 100 valence electrons. The molecule has 4 heteroatoms. The highest BCUT2D eigenvalue weighted by Gasteiger charge is 2.19. The summed E-state index contributed by atoms with van der Waals surface area (Å²) < 4.78 is 4.99. The molecule has 1 aromatic carbocycles. The van der Waals surface area contributed by atoms with E-state index in [1.807, 2.05) is 19.1 Å². The number of aromatic amines is 1. The molecule has 4 nitrogen and oxygen atoms in total. The van der Waals surface area contributed by atoms with E-state index in [0.29, 0.717) is 17.5 Å². The lowest BCUT2D eigenvalue weighted by molar-refractivity contribution is 0.0523. The number of H-pyrrole nitrogens is 1. The van der Waals surface area contributed by atoms with Crippen molar-refractivity contribution in [2.75, 3.05) is 6.61 Å². The van der Waals surface area contributed by atoms with E-state index in [0.717, 1.165) is 11.9 Å². The van der Waals surface area contributed by atoms with Crippen LogP contribution in [0.4, 0.5) is 0 Å². The smallest absolute Gasteiger partial charge is 0.343 e. The predicted molar refractivity (Wildman–Crippen MR) is 74.5 cm³/mol. The molecule has 0 spiro atoms. The van der Waals surface area contributed by atoms with Gasteiger partial charge in [0.2, 0.25) is 5.43 Å². The van der Waals surface area contributed by atoms with E-state index in [9.17, 15) is 9.59 Å². The first-order valence-electron chi connectivity index (χ1n) is 6.50.